The van der Waals surface area contributed by atoms with E-state index in [9.17, 15) is 10.2 Å². The standard InChI is InChI=1S/C11H14N4O3/c12-10-6-1-2-15(11(6)14-5-13-10)9-7(17)4-18-8(9)3-16/h1-2,5,7-9,16-17H,3-4H2,(H2,12,13,14)/t7-,8-,9+/m1/s1. The minimum Gasteiger partial charge on any atom is -0.394 e. The third-order valence-electron chi connectivity index (χ3n) is 3.30. The van der Waals surface area contributed by atoms with E-state index in [1.54, 1.807) is 16.8 Å². The smallest absolute Gasteiger partial charge is 0.145 e. The first-order chi connectivity index (χ1) is 8.72. The van der Waals surface area contributed by atoms with E-state index in [0.29, 0.717) is 11.5 Å². The second-order valence-electron chi connectivity index (χ2n) is 4.33. The lowest BCUT2D eigenvalue weighted by Crippen LogP contribution is -2.29. The van der Waals surface area contributed by atoms with Crippen molar-refractivity contribution in [2.45, 2.75) is 18.2 Å². The van der Waals surface area contributed by atoms with Crippen LogP contribution in [0.4, 0.5) is 5.82 Å². The van der Waals surface area contributed by atoms with Gasteiger partial charge in [0, 0.05) is 6.20 Å². The summed E-state index contributed by atoms with van der Waals surface area (Å²) < 4.78 is 7.12. The van der Waals surface area contributed by atoms with Gasteiger partial charge in [-0.25, -0.2) is 9.97 Å². The van der Waals surface area contributed by atoms with Gasteiger partial charge in [0.05, 0.1) is 24.6 Å². The molecule has 18 heavy (non-hydrogen) atoms. The number of ether oxygens (including phenoxy) is 1. The van der Waals surface area contributed by atoms with Crippen LogP contribution in [0.15, 0.2) is 18.6 Å². The zero-order valence-corrected chi connectivity index (χ0v) is 9.60. The van der Waals surface area contributed by atoms with Crippen molar-refractivity contribution in [2.24, 2.45) is 0 Å². The van der Waals surface area contributed by atoms with Gasteiger partial charge in [0.15, 0.2) is 0 Å². The van der Waals surface area contributed by atoms with Crippen LogP contribution in [0.2, 0.25) is 0 Å². The van der Waals surface area contributed by atoms with Crippen molar-refractivity contribution in [3.05, 3.63) is 18.6 Å². The van der Waals surface area contributed by atoms with Crippen molar-refractivity contribution in [1.29, 1.82) is 0 Å². The van der Waals surface area contributed by atoms with E-state index in [0.717, 1.165) is 5.39 Å². The van der Waals surface area contributed by atoms with Gasteiger partial charge >= 0.3 is 0 Å². The molecule has 7 heteroatoms. The molecule has 0 bridgehead atoms. The third-order valence-corrected chi connectivity index (χ3v) is 3.30. The first kappa shape index (κ1) is 11.4. The number of aliphatic hydroxyl groups is 2. The van der Waals surface area contributed by atoms with Crippen LogP contribution < -0.4 is 5.73 Å². The highest BCUT2D eigenvalue weighted by Gasteiger charge is 2.37. The van der Waals surface area contributed by atoms with E-state index in [4.69, 9.17) is 10.5 Å². The average molecular weight is 250 g/mol. The van der Waals surface area contributed by atoms with Gasteiger partial charge in [0.1, 0.15) is 30.0 Å². The zero-order chi connectivity index (χ0) is 12.7. The Kier molecular flexibility index (Phi) is 2.66. The van der Waals surface area contributed by atoms with Crippen LogP contribution in [0.5, 0.6) is 0 Å². The van der Waals surface area contributed by atoms with Crippen LogP contribution in [0.25, 0.3) is 11.0 Å². The topological polar surface area (TPSA) is 106 Å². The van der Waals surface area contributed by atoms with E-state index >= 15 is 0 Å². The van der Waals surface area contributed by atoms with Gasteiger partial charge in [-0.3, -0.25) is 0 Å². The van der Waals surface area contributed by atoms with Crippen molar-refractivity contribution in [3.63, 3.8) is 0 Å². The van der Waals surface area contributed by atoms with Gasteiger partial charge in [-0.05, 0) is 6.07 Å². The molecule has 0 saturated carbocycles. The molecule has 1 saturated heterocycles. The van der Waals surface area contributed by atoms with E-state index in [1.807, 2.05) is 0 Å². The summed E-state index contributed by atoms with van der Waals surface area (Å²) in [6.07, 6.45) is 2.05. The van der Waals surface area contributed by atoms with Crippen LogP contribution in [-0.2, 0) is 4.74 Å². The Morgan fingerprint density at radius 1 is 1.50 bits per heavy atom. The Morgan fingerprint density at radius 2 is 2.33 bits per heavy atom. The molecule has 3 rings (SSSR count). The van der Waals surface area contributed by atoms with E-state index in [1.165, 1.54) is 6.33 Å². The first-order valence-corrected chi connectivity index (χ1v) is 5.70. The Hall–Kier alpha value is -1.70. The molecule has 0 aromatic carbocycles. The molecule has 96 valence electrons. The van der Waals surface area contributed by atoms with Crippen LogP contribution >= 0.6 is 0 Å². The lowest BCUT2D eigenvalue weighted by atomic mass is 10.1. The third kappa shape index (κ3) is 1.56. The summed E-state index contributed by atoms with van der Waals surface area (Å²) in [7, 11) is 0. The van der Waals surface area contributed by atoms with Crippen molar-refractivity contribution < 1.29 is 14.9 Å². The molecule has 0 unspecified atom stereocenters. The number of anilines is 1. The number of nitrogens with zero attached hydrogens (tertiary/aromatic N) is 3. The SMILES string of the molecule is Nc1ncnc2c1ccn2[C@H]1[C@H](O)CO[C@@H]1CO. The molecule has 3 atom stereocenters. The normalized spacial score (nSPS) is 28.0. The second-order valence-corrected chi connectivity index (χ2v) is 4.33. The molecule has 1 aliphatic heterocycles. The van der Waals surface area contributed by atoms with E-state index in [2.05, 4.69) is 9.97 Å². The molecule has 0 amide bonds. The fourth-order valence-corrected chi connectivity index (χ4v) is 2.42. The van der Waals surface area contributed by atoms with Gasteiger partial charge in [-0.1, -0.05) is 0 Å². The lowest BCUT2D eigenvalue weighted by molar-refractivity contribution is 0.0419. The van der Waals surface area contributed by atoms with E-state index in [-0.39, 0.29) is 19.3 Å². The fourth-order valence-electron chi connectivity index (χ4n) is 2.42. The van der Waals surface area contributed by atoms with Crippen molar-refractivity contribution >= 4 is 16.9 Å². The molecule has 1 aliphatic rings. The highest BCUT2D eigenvalue weighted by Crippen LogP contribution is 2.30. The molecular formula is C11H14N4O3. The van der Waals surface area contributed by atoms with Crippen LogP contribution in [0, 0.1) is 0 Å². The van der Waals surface area contributed by atoms with Crippen LogP contribution in [-0.4, -0.2) is 50.2 Å². The van der Waals surface area contributed by atoms with Crippen molar-refractivity contribution in [2.75, 3.05) is 18.9 Å². The Bertz CT molecular complexity index is 570. The minimum absolute atomic E-state index is 0.151. The Labute approximate surface area is 103 Å². The van der Waals surface area contributed by atoms with Crippen molar-refractivity contribution in [3.8, 4) is 0 Å². The summed E-state index contributed by atoms with van der Waals surface area (Å²) in [5.41, 5.74) is 6.40. The molecule has 3 heterocycles. The monoisotopic (exact) mass is 250 g/mol. The number of nitrogen functional groups attached to an aromatic ring is 1. The zero-order valence-electron chi connectivity index (χ0n) is 9.60. The fraction of sp³-hybridized carbons (Fsp3) is 0.455. The second kappa shape index (κ2) is 4.20. The molecule has 0 radical (unpaired) electrons. The number of hydrogen-bond acceptors (Lipinski definition) is 6. The highest BCUT2D eigenvalue weighted by molar-refractivity contribution is 5.86. The molecule has 1 fully saturated rings. The number of hydrogen-bond donors (Lipinski definition) is 3. The maximum absolute atomic E-state index is 9.96. The van der Waals surface area contributed by atoms with Gasteiger partial charge < -0.3 is 25.3 Å². The highest BCUT2D eigenvalue weighted by atomic mass is 16.5. The quantitative estimate of drug-likeness (QED) is 0.651. The Morgan fingerprint density at radius 3 is 3.11 bits per heavy atom. The molecular weight excluding hydrogens is 236 g/mol. The van der Waals surface area contributed by atoms with Crippen LogP contribution in [0.3, 0.4) is 0 Å². The summed E-state index contributed by atoms with van der Waals surface area (Å²) in [6, 6.07) is 1.44. The maximum atomic E-state index is 9.96. The molecule has 0 spiro atoms. The summed E-state index contributed by atoms with van der Waals surface area (Å²) in [5.74, 6) is 0.396. The summed E-state index contributed by atoms with van der Waals surface area (Å²) in [4.78, 5) is 8.09. The van der Waals surface area contributed by atoms with Gasteiger partial charge in [-0.2, -0.15) is 0 Å². The number of aromatic nitrogens is 3. The van der Waals surface area contributed by atoms with Crippen LogP contribution in [0.1, 0.15) is 6.04 Å². The predicted octanol–water partition coefficient (Wildman–Crippen LogP) is -0.693. The predicted molar refractivity (Wildman–Crippen MR) is 63.8 cm³/mol. The first-order valence-electron chi connectivity index (χ1n) is 5.70. The number of nitrogens with two attached hydrogens (primary N) is 1. The summed E-state index contributed by atoms with van der Waals surface area (Å²) in [6.45, 7) is 0.0537. The number of fused-ring (bicyclic) bond motifs is 1. The maximum Gasteiger partial charge on any atom is 0.145 e. The summed E-state index contributed by atoms with van der Waals surface area (Å²) in [5, 5.41) is 20.0. The molecule has 4 N–H and O–H groups in total. The largest absolute Gasteiger partial charge is 0.394 e. The molecule has 2 aromatic heterocycles. The van der Waals surface area contributed by atoms with E-state index < -0.39 is 12.2 Å². The Balaban J connectivity index is 2.11. The number of rotatable bonds is 2. The average Bonchev–Trinajstić information content (AvgIpc) is 2.93. The van der Waals surface area contributed by atoms with Gasteiger partial charge in [0.25, 0.3) is 0 Å². The summed E-state index contributed by atoms with van der Waals surface area (Å²) >= 11 is 0. The molecule has 2 aromatic rings. The van der Waals surface area contributed by atoms with Crippen molar-refractivity contribution in [1.82, 2.24) is 14.5 Å². The minimum atomic E-state index is -0.672. The molecule has 0 aliphatic carbocycles. The lowest BCUT2D eigenvalue weighted by Gasteiger charge is -2.21. The van der Waals surface area contributed by atoms with Gasteiger partial charge in [-0.15, -0.1) is 0 Å². The molecule has 7 nitrogen and oxygen atoms in total. The number of aliphatic hydroxyl groups excluding tert-OH is 2. The van der Waals surface area contributed by atoms with Gasteiger partial charge in [0.2, 0.25) is 0 Å².